The summed E-state index contributed by atoms with van der Waals surface area (Å²) in [5, 5.41) is 38.0. The zero-order chi connectivity index (χ0) is 68.1. The van der Waals surface area contributed by atoms with E-state index in [-0.39, 0.29) is 125 Å². The average molecular weight is 1340 g/mol. The molecule has 28 nitrogen and oxygen atoms in total. The van der Waals surface area contributed by atoms with Crippen molar-refractivity contribution in [2.45, 2.75) is 130 Å². The molecular formula is C64H73ClF3N19O9. The fourth-order valence-electron chi connectivity index (χ4n) is 10.6. The monoisotopic (exact) mass is 1340 g/mol. The van der Waals surface area contributed by atoms with Gasteiger partial charge in [-0.05, 0) is 156 Å². The molecule has 2 aliphatic rings. The SMILES string of the molecule is Cc1cc(CNC(=O)c2cc(C(=O)NCC3CCC(N)CC3)n3ncnc3n2)ccc1F.Cc1cc(CNC(=O)c2cc(C(=O)NCC3CCC(NC(=O)OC(C)(C)C)CC3)n3ncnc3n2)ccc1F.Cc1cc(CNC(=O)c2cc(C(=O)O)n3ncnc3n2)ccc1F.Cl. The molecule has 32 heteroatoms. The summed E-state index contributed by atoms with van der Waals surface area (Å²) in [6.07, 6.45) is 10.4. The van der Waals surface area contributed by atoms with Gasteiger partial charge in [-0.3, -0.25) is 24.0 Å². The van der Waals surface area contributed by atoms with Crippen molar-refractivity contribution in [1.82, 2.24) is 90.6 Å². The number of fused-ring (bicyclic) bond motifs is 3. The maximum absolute atomic E-state index is 13.5. The lowest BCUT2D eigenvalue weighted by molar-refractivity contribution is 0.0486. The van der Waals surface area contributed by atoms with Crippen LogP contribution in [0.1, 0.15) is 168 Å². The first-order valence-corrected chi connectivity index (χ1v) is 30.6. The van der Waals surface area contributed by atoms with E-state index < -0.39 is 41.3 Å². The lowest BCUT2D eigenvalue weighted by atomic mass is 9.86. The first kappa shape index (κ1) is 71.3. The highest BCUT2D eigenvalue weighted by atomic mass is 35.5. The van der Waals surface area contributed by atoms with Crippen LogP contribution >= 0.6 is 12.4 Å². The summed E-state index contributed by atoms with van der Waals surface area (Å²) < 4.78 is 49.2. The molecule has 11 rings (SSSR count). The number of carboxylic acid groups (broad SMARTS) is 1. The van der Waals surface area contributed by atoms with Gasteiger partial charge < -0.3 is 47.5 Å². The Balaban J connectivity index is 0.000000188. The molecule has 96 heavy (non-hydrogen) atoms. The molecule has 0 bridgehead atoms. The number of aromatic nitrogens is 12. The predicted molar refractivity (Wildman–Crippen MR) is 343 cm³/mol. The van der Waals surface area contributed by atoms with Gasteiger partial charge in [-0.25, -0.2) is 37.7 Å². The third-order valence-corrected chi connectivity index (χ3v) is 15.7. The van der Waals surface area contributed by atoms with E-state index in [2.05, 4.69) is 77.1 Å². The van der Waals surface area contributed by atoms with Crippen LogP contribution in [0.15, 0.2) is 91.8 Å². The van der Waals surface area contributed by atoms with Gasteiger partial charge >= 0.3 is 12.1 Å². The molecule has 6 heterocycles. The average Bonchev–Trinajstić information content (AvgIpc) is 1.58. The maximum atomic E-state index is 13.5. The van der Waals surface area contributed by atoms with Crippen LogP contribution < -0.4 is 37.6 Å². The number of carboxylic acids is 1. The zero-order valence-electron chi connectivity index (χ0n) is 53.4. The Hall–Kier alpha value is -10.6. The standard InChI is InChI=1S/C27H34FN7O4.C22H26FN7O2.C15H12FN5O3.ClH/c1-16-11-18(7-10-20(16)28)14-29-23(36)21-12-22(35-25(34-21)31-15-32-35)24(37)30-13-17-5-8-19(9-6-17)33-26(38)39-27(2,3)4;1-13-8-15(4-7-17(13)23)11-25-20(31)18-9-19(30-22(29-18)27-12-28-30)21(32)26-10-14-2-5-16(24)6-3-14;1-8-4-9(2-3-10(8)16)6-17-13(22)11-5-12(14(23)24)21-15(20-11)18-7-19-21;/h7,10-12,15,17,19H,5-6,8-9,13-14H2,1-4H3,(H,29,36)(H,30,37)(H,33,38);4,7-9,12,14,16H,2-3,5-6,10-11,24H2,1H3,(H,25,31)(H,26,32);2-5,7H,6H2,1H3,(H,17,22)(H,23,24);1H. The van der Waals surface area contributed by atoms with Gasteiger partial charge in [-0.2, -0.15) is 43.8 Å². The smallest absolute Gasteiger partial charge is 0.407 e. The fraction of sp³-hybridized carbons (Fsp3) is 0.375. The number of aryl methyl sites for hydroxylation is 3. The Morgan fingerprint density at radius 2 is 0.854 bits per heavy atom. The lowest BCUT2D eigenvalue weighted by Gasteiger charge is -2.30. The second kappa shape index (κ2) is 32.0. The first-order valence-electron chi connectivity index (χ1n) is 30.6. The van der Waals surface area contributed by atoms with E-state index >= 15 is 0 Å². The Bertz CT molecular complexity index is 4320. The molecular weight excluding hydrogens is 1270 g/mol. The molecule has 9 aromatic rings. The molecule has 0 unspecified atom stereocenters. The number of carbonyl (C=O) groups is 7. The molecule has 0 atom stereocenters. The van der Waals surface area contributed by atoms with E-state index in [9.17, 15) is 51.8 Å². The van der Waals surface area contributed by atoms with Crippen LogP contribution in [-0.2, 0) is 24.4 Å². The normalized spacial score (nSPS) is 15.9. The van der Waals surface area contributed by atoms with Crippen molar-refractivity contribution >= 4 is 71.3 Å². The number of ether oxygens (including phenoxy) is 1. The number of benzene rings is 3. The Kier molecular flexibility index (Phi) is 23.8. The number of rotatable bonds is 17. The third kappa shape index (κ3) is 19.1. The molecule has 6 amide bonds. The molecule has 9 N–H and O–H groups in total. The minimum atomic E-state index is -1.25. The minimum absolute atomic E-state index is 0. The molecule has 2 aliphatic carbocycles. The second-order valence-electron chi connectivity index (χ2n) is 24.2. The van der Waals surface area contributed by atoms with Crippen LogP contribution in [0.3, 0.4) is 0 Å². The van der Waals surface area contributed by atoms with Crippen molar-refractivity contribution in [2.75, 3.05) is 13.1 Å². The van der Waals surface area contributed by atoms with Crippen LogP contribution in [0.25, 0.3) is 17.3 Å². The van der Waals surface area contributed by atoms with Gasteiger partial charge in [0.2, 0.25) is 0 Å². The van der Waals surface area contributed by atoms with E-state index in [1.165, 1.54) is 52.0 Å². The topological polar surface area (TPSA) is 376 Å². The number of hydrogen-bond acceptors (Lipinski definition) is 18. The van der Waals surface area contributed by atoms with Crippen LogP contribution in [0, 0.1) is 50.1 Å². The number of nitrogens with one attached hydrogen (secondary N) is 6. The largest absolute Gasteiger partial charge is 0.477 e. The van der Waals surface area contributed by atoms with Crippen molar-refractivity contribution in [1.29, 1.82) is 0 Å². The number of alkyl carbamates (subject to hydrolysis) is 1. The van der Waals surface area contributed by atoms with Crippen molar-refractivity contribution in [3.63, 3.8) is 0 Å². The molecule has 0 radical (unpaired) electrons. The van der Waals surface area contributed by atoms with Gasteiger partial charge in [0.05, 0.1) is 0 Å². The third-order valence-electron chi connectivity index (χ3n) is 15.7. The summed E-state index contributed by atoms with van der Waals surface area (Å²) in [7, 11) is 0. The summed E-state index contributed by atoms with van der Waals surface area (Å²) in [6, 6.07) is 17.9. The highest BCUT2D eigenvalue weighted by Gasteiger charge is 2.28. The van der Waals surface area contributed by atoms with Crippen molar-refractivity contribution in [3.8, 4) is 0 Å². The Morgan fingerprint density at radius 1 is 0.510 bits per heavy atom. The summed E-state index contributed by atoms with van der Waals surface area (Å²) in [4.78, 5) is 111. The molecule has 6 aromatic heterocycles. The second-order valence-corrected chi connectivity index (χ2v) is 24.2. The van der Waals surface area contributed by atoms with Crippen molar-refractivity contribution in [2.24, 2.45) is 17.6 Å². The molecule has 0 aliphatic heterocycles. The molecule has 2 fully saturated rings. The summed E-state index contributed by atoms with van der Waals surface area (Å²) >= 11 is 0. The molecule has 506 valence electrons. The molecule has 0 saturated heterocycles. The fourth-order valence-corrected chi connectivity index (χ4v) is 10.6. The van der Waals surface area contributed by atoms with Gasteiger partial charge in [-0.15, -0.1) is 12.4 Å². The highest BCUT2D eigenvalue weighted by Crippen LogP contribution is 2.25. The van der Waals surface area contributed by atoms with Crippen molar-refractivity contribution in [3.05, 3.63) is 177 Å². The predicted octanol–water partition coefficient (Wildman–Crippen LogP) is 6.69. The van der Waals surface area contributed by atoms with E-state index in [0.29, 0.717) is 41.3 Å². The molecule has 0 spiro atoms. The Labute approximate surface area is 554 Å². The lowest BCUT2D eigenvalue weighted by Crippen LogP contribution is -2.42. The molecule has 3 aromatic carbocycles. The van der Waals surface area contributed by atoms with Crippen LogP contribution in [0.5, 0.6) is 0 Å². The van der Waals surface area contributed by atoms with Crippen LogP contribution in [-0.4, -0.2) is 136 Å². The van der Waals surface area contributed by atoms with E-state index in [1.54, 1.807) is 57.2 Å². The quantitative estimate of drug-likeness (QED) is 0.0471. The zero-order valence-corrected chi connectivity index (χ0v) is 54.2. The Morgan fingerprint density at radius 3 is 1.20 bits per heavy atom. The summed E-state index contributed by atoms with van der Waals surface area (Å²) in [5.74, 6) is -3.53. The van der Waals surface area contributed by atoms with E-state index in [4.69, 9.17) is 10.5 Å². The van der Waals surface area contributed by atoms with Gasteiger partial charge in [-0.1, -0.05) is 36.4 Å². The number of hydrogen-bond donors (Lipinski definition) is 8. The van der Waals surface area contributed by atoms with Gasteiger partial charge in [0.25, 0.3) is 46.9 Å². The first-order chi connectivity index (χ1) is 45.3. The van der Waals surface area contributed by atoms with Crippen LogP contribution in [0.2, 0.25) is 0 Å². The number of carbonyl (C=O) groups excluding carboxylic acids is 6. The van der Waals surface area contributed by atoms with Crippen LogP contribution in [0.4, 0.5) is 18.0 Å². The van der Waals surface area contributed by atoms with E-state index in [1.807, 2.05) is 20.8 Å². The van der Waals surface area contributed by atoms with E-state index in [0.717, 1.165) is 79.4 Å². The van der Waals surface area contributed by atoms with Gasteiger partial charge in [0.1, 0.15) is 70.5 Å². The maximum Gasteiger partial charge on any atom is 0.407 e. The minimum Gasteiger partial charge on any atom is -0.477 e. The number of nitrogens with zero attached hydrogens (tertiary/aromatic N) is 12. The number of aromatic carboxylic acids is 1. The molecule has 2 saturated carbocycles. The highest BCUT2D eigenvalue weighted by molar-refractivity contribution is 5.99. The van der Waals surface area contributed by atoms with Gasteiger partial charge in [0, 0.05) is 63.0 Å². The van der Waals surface area contributed by atoms with Gasteiger partial charge in [0.15, 0.2) is 5.69 Å². The summed E-state index contributed by atoms with van der Waals surface area (Å²) in [5.41, 5.74) is 9.14. The summed E-state index contributed by atoms with van der Waals surface area (Å²) in [6.45, 7) is 11.9. The number of amides is 6. The number of nitrogens with two attached hydrogens (primary N) is 1. The van der Waals surface area contributed by atoms with Crippen molar-refractivity contribution < 1.29 is 56.6 Å². The number of halogens is 4.